The van der Waals surface area contributed by atoms with Gasteiger partial charge in [0.2, 0.25) is 0 Å². The first-order chi connectivity index (χ1) is 8.02. The smallest absolute Gasteiger partial charge is 0.263 e. The maximum Gasteiger partial charge on any atom is 0.263 e. The van der Waals surface area contributed by atoms with Crippen molar-refractivity contribution in [2.24, 2.45) is 5.73 Å². The highest BCUT2D eigenvalue weighted by atomic mass is 32.2. The molecular weight excluding hydrogens is 258 g/mol. The molecular formula is C10H15N3O2S2. The topological polar surface area (TPSA) is 98.2 Å². The Labute approximate surface area is 108 Å². The van der Waals surface area contributed by atoms with E-state index in [1.165, 1.54) is 23.1 Å². The molecule has 1 aromatic heterocycles. The fourth-order valence-corrected chi connectivity index (χ4v) is 3.16. The first-order valence-corrected chi connectivity index (χ1v) is 7.11. The van der Waals surface area contributed by atoms with Crippen molar-refractivity contribution in [3.05, 3.63) is 10.4 Å². The van der Waals surface area contributed by atoms with E-state index in [0.29, 0.717) is 15.6 Å². The van der Waals surface area contributed by atoms with Gasteiger partial charge >= 0.3 is 0 Å². The highest BCUT2D eigenvalue weighted by Gasteiger charge is 2.23. The number of thioether (sulfide) groups is 1. The lowest BCUT2D eigenvalue weighted by Gasteiger charge is -2.02. The molecule has 17 heavy (non-hydrogen) atoms. The quantitative estimate of drug-likeness (QED) is 0.704. The van der Waals surface area contributed by atoms with Crippen LogP contribution in [-0.4, -0.2) is 24.6 Å². The van der Waals surface area contributed by atoms with E-state index in [1.54, 1.807) is 0 Å². The van der Waals surface area contributed by atoms with E-state index in [9.17, 15) is 9.59 Å². The van der Waals surface area contributed by atoms with Gasteiger partial charge in [0.05, 0.1) is 15.5 Å². The summed E-state index contributed by atoms with van der Waals surface area (Å²) >= 11 is 2.56. The van der Waals surface area contributed by atoms with E-state index < -0.39 is 5.91 Å². The van der Waals surface area contributed by atoms with Crippen molar-refractivity contribution in [1.82, 2.24) is 5.32 Å². The standard InChI is InChI=1S/C10H15N3O2S2/c1-3-4-13-9(15)7-6(11)5(8(12)14)10(16-2)17-7/h3-4,11H2,1-2H3,(H2,12,14)(H,13,15). The summed E-state index contributed by atoms with van der Waals surface area (Å²) in [6.07, 6.45) is 2.65. The zero-order valence-corrected chi connectivity index (χ0v) is 11.3. The first kappa shape index (κ1) is 13.9. The lowest BCUT2D eigenvalue weighted by Crippen LogP contribution is -2.24. The van der Waals surface area contributed by atoms with Gasteiger partial charge in [-0.3, -0.25) is 9.59 Å². The number of thiophene rings is 1. The van der Waals surface area contributed by atoms with Gasteiger partial charge in [0.25, 0.3) is 11.8 Å². The van der Waals surface area contributed by atoms with Crippen LogP contribution in [0.4, 0.5) is 5.69 Å². The average molecular weight is 273 g/mol. The first-order valence-electron chi connectivity index (χ1n) is 5.07. The van der Waals surface area contributed by atoms with Crippen molar-refractivity contribution in [2.45, 2.75) is 17.6 Å². The Morgan fingerprint density at radius 1 is 1.47 bits per heavy atom. The minimum atomic E-state index is -0.599. The number of nitrogens with one attached hydrogen (secondary N) is 1. The summed E-state index contributed by atoms with van der Waals surface area (Å²) in [5.74, 6) is -0.852. The van der Waals surface area contributed by atoms with Crippen LogP contribution in [0.2, 0.25) is 0 Å². The van der Waals surface area contributed by atoms with E-state index in [4.69, 9.17) is 11.5 Å². The second kappa shape index (κ2) is 5.92. The Morgan fingerprint density at radius 2 is 2.12 bits per heavy atom. The largest absolute Gasteiger partial charge is 0.397 e. The molecule has 0 fully saturated rings. The molecule has 0 aliphatic carbocycles. The number of anilines is 1. The summed E-state index contributed by atoms with van der Waals surface area (Å²) in [5.41, 5.74) is 11.5. The van der Waals surface area contributed by atoms with Gasteiger partial charge in [-0.15, -0.1) is 23.1 Å². The molecule has 0 radical (unpaired) electrons. The molecule has 1 heterocycles. The lowest BCUT2D eigenvalue weighted by atomic mass is 10.2. The minimum absolute atomic E-state index is 0.181. The predicted octanol–water partition coefficient (Wildman–Crippen LogP) is 1.29. The Balaban J connectivity index is 3.10. The maximum absolute atomic E-state index is 11.8. The Bertz CT molecular complexity index is 443. The third kappa shape index (κ3) is 2.92. The Hall–Kier alpha value is -1.21. The van der Waals surface area contributed by atoms with Crippen molar-refractivity contribution in [2.75, 3.05) is 18.5 Å². The van der Waals surface area contributed by atoms with Crippen molar-refractivity contribution in [1.29, 1.82) is 0 Å². The summed E-state index contributed by atoms with van der Waals surface area (Å²) in [6.45, 7) is 2.54. The summed E-state index contributed by atoms with van der Waals surface area (Å²) in [6, 6.07) is 0. The normalized spacial score (nSPS) is 10.2. The molecule has 1 aromatic rings. The molecule has 5 nitrogen and oxygen atoms in total. The van der Waals surface area contributed by atoms with Crippen LogP contribution in [0.3, 0.4) is 0 Å². The van der Waals surface area contributed by atoms with Crippen molar-refractivity contribution in [3.8, 4) is 0 Å². The number of primary amides is 1. The van der Waals surface area contributed by atoms with Crippen molar-refractivity contribution >= 4 is 40.6 Å². The van der Waals surface area contributed by atoms with Gasteiger partial charge < -0.3 is 16.8 Å². The fourth-order valence-electron chi connectivity index (χ4n) is 1.29. The highest BCUT2D eigenvalue weighted by Crippen LogP contribution is 2.36. The van der Waals surface area contributed by atoms with Gasteiger partial charge in [0.1, 0.15) is 4.88 Å². The molecule has 5 N–H and O–H groups in total. The Kier molecular flexibility index (Phi) is 4.83. The van der Waals surface area contributed by atoms with Crippen LogP contribution in [0.25, 0.3) is 0 Å². The number of hydrogen-bond acceptors (Lipinski definition) is 5. The lowest BCUT2D eigenvalue weighted by molar-refractivity contribution is 0.0958. The van der Waals surface area contributed by atoms with Gasteiger partial charge in [-0.1, -0.05) is 6.92 Å². The van der Waals surface area contributed by atoms with Crippen LogP contribution in [0.15, 0.2) is 4.21 Å². The molecule has 0 saturated heterocycles. The molecule has 0 spiro atoms. The number of hydrogen-bond donors (Lipinski definition) is 3. The summed E-state index contributed by atoms with van der Waals surface area (Å²) in [7, 11) is 0. The molecule has 1 rings (SSSR count). The molecule has 2 amide bonds. The zero-order valence-electron chi connectivity index (χ0n) is 9.70. The van der Waals surface area contributed by atoms with Crippen molar-refractivity contribution < 1.29 is 9.59 Å². The zero-order chi connectivity index (χ0) is 13.0. The second-order valence-electron chi connectivity index (χ2n) is 3.33. The molecule has 0 bridgehead atoms. The minimum Gasteiger partial charge on any atom is -0.397 e. The van der Waals surface area contributed by atoms with E-state index in [0.717, 1.165) is 6.42 Å². The molecule has 0 saturated carbocycles. The SMILES string of the molecule is CCCNC(=O)c1sc(SC)c(C(N)=O)c1N. The molecule has 0 aromatic carbocycles. The van der Waals surface area contributed by atoms with Crippen molar-refractivity contribution in [3.63, 3.8) is 0 Å². The van der Waals surface area contributed by atoms with Gasteiger partial charge in [0.15, 0.2) is 0 Å². The van der Waals surface area contributed by atoms with E-state index in [1.807, 2.05) is 13.2 Å². The third-order valence-corrected chi connectivity index (χ3v) is 4.41. The number of nitrogens with two attached hydrogens (primary N) is 2. The third-order valence-electron chi connectivity index (χ3n) is 2.09. The monoisotopic (exact) mass is 273 g/mol. The Morgan fingerprint density at radius 3 is 2.53 bits per heavy atom. The molecule has 7 heteroatoms. The fraction of sp³-hybridized carbons (Fsp3) is 0.400. The van der Waals surface area contributed by atoms with Gasteiger partial charge in [-0.05, 0) is 12.7 Å². The number of nitrogen functional groups attached to an aromatic ring is 1. The predicted molar refractivity (Wildman–Crippen MR) is 71.7 cm³/mol. The van der Waals surface area contributed by atoms with Crippen LogP contribution < -0.4 is 16.8 Å². The molecule has 94 valence electrons. The maximum atomic E-state index is 11.8. The summed E-state index contributed by atoms with van der Waals surface area (Å²) in [4.78, 5) is 23.4. The van der Waals surface area contributed by atoms with E-state index >= 15 is 0 Å². The van der Waals surface area contributed by atoms with Crippen LogP contribution in [-0.2, 0) is 0 Å². The molecule has 0 atom stereocenters. The van der Waals surface area contributed by atoms with Gasteiger partial charge in [-0.2, -0.15) is 0 Å². The van der Waals surface area contributed by atoms with Crippen LogP contribution in [0, 0.1) is 0 Å². The molecule has 0 aliphatic rings. The molecule has 0 aliphatic heterocycles. The average Bonchev–Trinajstić information content (AvgIpc) is 2.63. The number of carbonyl (C=O) groups is 2. The van der Waals surface area contributed by atoms with E-state index in [2.05, 4.69) is 5.32 Å². The highest BCUT2D eigenvalue weighted by molar-refractivity contribution is 8.00. The number of carbonyl (C=O) groups excluding carboxylic acids is 2. The van der Waals surface area contributed by atoms with Crippen LogP contribution in [0.1, 0.15) is 33.4 Å². The number of amides is 2. The van der Waals surface area contributed by atoms with E-state index in [-0.39, 0.29) is 17.2 Å². The van der Waals surface area contributed by atoms with Gasteiger partial charge in [-0.25, -0.2) is 0 Å². The molecule has 0 unspecified atom stereocenters. The van der Waals surface area contributed by atoms with Crippen LogP contribution in [0.5, 0.6) is 0 Å². The second-order valence-corrected chi connectivity index (χ2v) is 5.43. The summed E-state index contributed by atoms with van der Waals surface area (Å²) in [5, 5.41) is 2.72. The summed E-state index contributed by atoms with van der Waals surface area (Å²) < 4.78 is 0.677. The number of rotatable bonds is 5. The van der Waals surface area contributed by atoms with Crippen LogP contribution >= 0.6 is 23.1 Å². The van der Waals surface area contributed by atoms with Gasteiger partial charge in [0, 0.05) is 6.54 Å².